The maximum Gasteiger partial charge on any atom is 0.472 e. The fourth-order valence-corrected chi connectivity index (χ4v) is 5.19. The highest BCUT2D eigenvalue weighted by molar-refractivity contribution is 7.47. The Morgan fingerprint density at radius 1 is 0.791 bits per heavy atom. The van der Waals surface area contributed by atoms with Gasteiger partial charge in [-0.2, -0.15) is 0 Å². The van der Waals surface area contributed by atoms with E-state index in [1.54, 1.807) is 6.08 Å². The molecule has 10 heteroatoms. The van der Waals surface area contributed by atoms with Crippen molar-refractivity contribution in [3.63, 3.8) is 0 Å². The van der Waals surface area contributed by atoms with E-state index < -0.39 is 38.6 Å². The summed E-state index contributed by atoms with van der Waals surface area (Å²) < 4.78 is 21.8. The normalized spacial score (nSPS) is 15.8. The summed E-state index contributed by atoms with van der Waals surface area (Å²) >= 11 is 0. The van der Waals surface area contributed by atoms with Crippen molar-refractivity contribution in [1.82, 2.24) is 5.32 Å². The zero-order valence-corrected chi connectivity index (χ0v) is 27.9. The average molecular weight is 631 g/mol. The van der Waals surface area contributed by atoms with E-state index in [2.05, 4.69) is 43.5 Å². The SMILES string of the molecule is CCC/C=C/CC/C=C/C(O)C(COP(=O)(O)OCCN)NC(=O)CC(O)CCCCC/C=C\CCCCCCCCC. The highest BCUT2D eigenvalue weighted by Gasteiger charge is 2.27. The van der Waals surface area contributed by atoms with Crippen LogP contribution in [0.15, 0.2) is 36.5 Å². The summed E-state index contributed by atoms with van der Waals surface area (Å²) in [4.78, 5) is 22.4. The number of aliphatic hydroxyl groups excluding tert-OH is 2. The van der Waals surface area contributed by atoms with Crippen LogP contribution in [-0.4, -0.2) is 59.0 Å². The Labute approximate surface area is 262 Å². The lowest BCUT2D eigenvalue weighted by Gasteiger charge is -2.24. The fourth-order valence-electron chi connectivity index (χ4n) is 4.43. The number of allylic oxidation sites excluding steroid dienone is 5. The smallest absolute Gasteiger partial charge is 0.393 e. The van der Waals surface area contributed by atoms with E-state index in [0.29, 0.717) is 12.8 Å². The monoisotopic (exact) mass is 630 g/mol. The van der Waals surface area contributed by atoms with E-state index in [9.17, 15) is 24.5 Å². The van der Waals surface area contributed by atoms with Gasteiger partial charge >= 0.3 is 7.82 Å². The molecule has 0 spiro atoms. The Morgan fingerprint density at radius 2 is 1.37 bits per heavy atom. The van der Waals surface area contributed by atoms with Crippen molar-refractivity contribution < 1.29 is 33.5 Å². The molecule has 0 saturated heterocycles. The number of hydrogen-bond donors (Lipinski definition) is 5. The number of phosphoric acid groups is 1. The van der Waals surface area contributed by atoms with Crippen LogP contribution in [0.1, 0.15) is 129 Å². The van der Waals surface area contributed by atoms with Crippen molar-refractivity contribution in [2.24, 2.45) is 5.73 Å². The minimum atomic E-state index is -4.39. The van der Waals surface area contributed by atoms with E-state index in [0.717, 1.165) is 51.4 Å². The quantitative estimate of drug-likeness (QED) is 0.0323. The number of amides is 1. The summed E-state index contributed by atoms with van der Waals surface area (Å²) in [7, 11) is -4.39. The molecular weight excluding hydrogens is 567 g/mol. The van der Waals surface area contributed by atoms with Gasteiger partial charge in [-0.25, -0.2) is 4.57 Å². The van der Waals surface area contributed by atoms with E-state index in [-0.39, 0.29) is 19.6 Å². The number of unbranched alkanes of at least 4 members (excludes halogenated alkanes) is 12. The summed E-state index contributed by atoms with van der Waals surface area (Å²) in [5.41, 5.74) is 5.31. The summed E-state index contributed by atoms with van der Waals surface area (Å²) in [5, 5.41) is 23.7. The minimum Gasteiger partial charge on any atom is -0.393 e. The van der Waals surface area contributed by atoms with Gasteiger partial charge in [0.1, 0.15) is 0 Å². The lowest BCUT2D eigenvalue weighted by molar-refractivity contribution is -0.124. The third-order valence-electron chi connectivity index (χ3n) is 6.97. The Kier molecular flexibility index (Phi) is 28.5. The molecule has 43 heavy (non-hydrogen) atoms. The van der Waals surface area contributed by atoms with Crippen LogP contribution in [0.3, 0.4) is 0 Å². The Balaban J connectivity index is 4.45. The molecule has 0 aliphatic carbocycles. The van der Waals surface area contributed by atoms with Gasteiger partial charge in [-0.3, -0.25) is 13.8 Å². The third-order valence-corrected chi connectivity index (χ3v) is 7.96. The lowest BCUT2D eigenvalue weighted by Crippen LogP contribution is -2.46. The van der Waals surface area contributed by atoms with Gasteiger partial charge in [0.05, 0.1) is 37.9 Å². The van der Waals surface area contributed by atoms with Gasteiger partial charge in [-0.1, -0.05) is 108 Å². The molecule has 0 saturated carbocycles. The highest BCUT2D eigenvalue weighted by Crippen LogP contribution is 2.43. The minimum absolute atomic E-state index is 0.0417. The molecule has 0 aromatic carbocycles. The maximum atomic E-state index is 12.6. The lowest BCUT2D eigenvalue weighted by atomic mass is 10.1. The molecule has 0 aliphatic rings. The number of rotatable bonds is 30. The van der Waals surface area contributed by atoms with E-state index >= 15 is 0 Å². The number of carbonyl (C=O) groups excluding carboxylic acids is 1. The first-order valence-corrected chi connectivity index (χ1v) is 18.2. The van der Waals surface area contributed by atoms with Crippen LogP contribution in [0.2, 0.25) is 0 Å². The molecule has 9 nitrogen and oxygen atoms in total. The van der Waals surface area contributed by atoms with Gasteiger partial charge in [0, 0.05) is 6.54 Å². The molecule has 0 heterocycles. The third kappa shape index (κ3) is 27.9. The van der Waals surface area contributed by atoms with Crippen molar-refractivity contribution in [2.45, 2.75) is 148 Å². The summed E-state index contributed by atoms with van der Waals surface area (Å²) in [6, 6.07) is -0.999. The van der Waals surface area contributed by atoms with Crippen molar-refractivity contribution in [3.8, 4) is 0 Å². The number of nitrogens with one attached hydrogen (secondary N) is 1. The van der Waals surface area contributed by atoms with Crippen LogP contribution in [0.5, 0.6) is 0 Å². The van der Waals surface area contributed by atoms with Crippen molar-refractivity contribution in [3.05, 3.63) is 36.5 Å². The van der Waals surface area contributed by atoms with Crippen molar-refractivity contribution >= 4 is 13.7 Å². The zero-order chi connectivity index (χ0) is 32.0. The highest BCUT2D eigenvalue weighted by atomic mass is 31.2. The van der Waals surface area contributed by atoms with Gasteiger partial charge in [-0.15, -0.1) is 0 Å². The number of aliphatic hydroxyl groups is 2. The van der Waals surface area contributed by atoms with Gasteiger partial charge in [0.25, 0.3) is 0 Å². The Bertz CT molecular complexity index is 791. The van der Waals surface area contributed by atoms with Crippen LogP contribution < -0.4 is 11.1 Å². The van der Waals surface area contributed by atoms with Crippen LogP contribution >= 0.6 is 7.82 Å². The van der Waals surface area contributed by atoms with E-state index in [1.807, 2.05) is 0 Å². The molecule has 0 bridgehead atoms. The Hall–Kier alpha value is -1.32. The molecule has 0 aromatic heterocycles. The first-order chi connectivity index (χ1) is 20.8. The molecule has 4 unspecified atom stereocenters. The predicted molar refractivity (Wildman–Crippen MR) is 177 cm³/mol. The average Bonchev–Trinajstić information content (AvgIpc) is 2.97. The molecule has 0 fully saturated rings. The van der Waals surface area contributed by atoms with Crippen LogP contribution in [0, 0.1) is 0 Å². The number of phosphoric ester groups is 1. The van der Waals surface area contributed by atoms with Gasteiger partial charge in [0.15, 0.2) is 0 Å². The van der Waals surface area contributed by atoms with Crippen molar-refractivity contribution in [1.29, 1.82) is 0 Å². The van der Waals surface area contributed by atoms with Gasteiger partial charge in [-0.05, 0) is 51.4 Å². The Morgan fingerprint density at radius 3 is 2.02 bits per heavy atom. The molecule has 0 rings (SSSR count). The summed E-state index contributed by atoms with van der Waals surface area (Å²) in [5.74, 6) is -0.472. The molecular formula is C33H63N2O7P. The molecule has 0 aromatic rings. The predicted octanol–water partition coefficient (Wildman–Crippen LogP) is 7.02. The molecule has 0 radical (unpaired) electrons. The van der Waals surface area contributed by atoms with E-state index in [1.165, 1.54) is 51.0 Å². The second-order valence-corrected chi connectivity index (χ2v) is 12.6. The number of nitrogens with two attached hydrogens (primary N) is 1. The molecule has 252 valence electrons. The summed E-state index contributed by atoms with van der Waals surface area (Å²) in [6.07, 6.45) is 28.3. The molecule has 4 atom stereocenters. The van der Waals surface area contributed by atoms with Gasteiger partial charge in [0.2, 0.25) is 5.91 Å². The number of hydrogen-bond acceptors (Lipinski definition) is 7. The van der Waals surface area contributed by atoms with Crippen LogP contribution in [0.25, 0.3) is 0 Å². The summed E-state index contributed by atoms with van der Waals surface area (Å²) in [6.45, 7) is 3.78. The maximum absolute atomic E-state index is 12.6. The fraction of sp³-hybridized carbons (Fsp3) is 0.788. The molecule has 6 N–H and O–H groups in total. The van der Waals surface area contributed by atoms with Crippen LogP contribution in [0.4, 0.5) is 0 Å². The first kappa shape index (κ1) is 41.7. The zero-order valence-electron chi connectivity index (χ0n) is 27.0. The standard InChI is InChI=1S/C33H63N2O7P/c1-3-5-7-9-11-12-13-14-15-16-17-19-20-22-24-30(36)28-33(38)35-31(29-42-43(39,40)41-27-26-34)32(37)25-23-21-18-10-8-6-4-2/h8,10,15-16,23,25,30-32,36-37H,3-7,9,11-14,17-22,24,26-29,34H2,1-2H3,(H,35,38)(H,39,40)/b10-8+,16-15-,25-23+. The second-order valence-electron chi connectivity index (χ2n) is 11.2. The van der Waals surface area contributed by atoms with Crippen molar-refractivity contribution in [2.75, 3.05) is 19.8 Å². The molecule has 1 amide bonds. The van der Waals surface area contributed by atoms with Crippen LogP contribution in [-0.2, 0) is 18.4 Å². The largest absolute Gasteiger partial charge is 0.472 e. The van der Waals surface area contributed by atoms with E-state index in [4.69, 9.17) is 14.8 Å². The first-order valence-electron chi connectivity index (χ1n) is 16.7. The number of carbonyl (C=O) groups is 1. The molecule has 0 aliphatic heterocycles. The van der Waals surface area contributed by atoms with Gasteiger partial charge < -0.3 is 26.2 Å². The topological polar surface area (TPSA) is 151 Å². The second kappa shape index (κ2) is 29.4.